The van der Waals surface area contributed by atoms with Crippen LogP contribution in [0.1, 0.15) is 32.1 Å². The maximum Gasteiger partial charge on any atom is 0.352 e. The number of hydrogen-bond donors (Lipinski definition) is 1. The normalized spacial score (nSPS) is 21.6. The van der Waals surface area contributed by atoms with E-state index in [0.29, 0.717) is 19.3 Å². The fraction of sp³-hybridized carbons (Fsp3) is 0.588. The monoisotopic (exact) mass is 325 g/mol. The van der Waals surface area contributed by atoms with E-state index in [1.807, 2.05) is 30.3 Å². The molecule has 1 aliphatic heterocycles. The minimum absolute atomic E-state index is 0.0146. The molecule has 1 aromatic rings. The van der Waals surface area contributed by atoms with E-state index in [9.17, 15) is 18.7 Å². The molecule has 0 aromatic heterocycles. The van der Waals surface area contributed by atoms with E-state index in [2.05, 4.69) is 0 Å². The van der Waals surface area contributed by atoms with Gasteiger partial charge in [0.1, 0.15) is 17.5 Å². The molecule has 1 saturated carbocycles. The van der Waals surface area contributed by atoms with Gasteiger partial charge in [-0.25, -0.2) is 0 Å². The summed E-state index contributed by atoms with van der Waals surface area (Å²) < 4.78 is 34.2. The highest BCUT2D eigenvalue weighted by atomic mass is 19.3. The third-order valence-corrected chi connectivity index (χ3v) is 4.81. The van der Waals surface area contributed by atoms with Crippen LogP contribution in [0.3, 0.4) is 0 Å². The molecule has 4 nitrogen and oxygen atoms in total. The van der Waals surface area contributed by atoms with Gasteiger partial charge in [0.25, 0.3) is 5.91 Å². The largest absolute Gasteiger partial charge is 0.490 e. The van der Waals surface area contributed by atoms with Gasteiger partial charge in [-0.3, -0.25) is 4.79 Å². The summed E-state index contributed by atoms with van der Waals surface area (Å²) in [6.07, 6.45) is 1.44. The Morgan fingerprint density at radius 1 is 1.22 bits per heavy atom. The molecule has 126 valence electrons. The van der Waals surface area contributed by atoms with Crippen molar-refractivity contribution in [1.29, 1.82) is 0 Å². The quantitative estimate of drug-likeness (QED) is 0.926. The summed E-state index contributed by atoms with van der Waals surface area (Å²) in [5.74, 6) is -4.21. The molecule has 2 aliphatic rings. The average Bonchev–Trinajstić information content (AvgIpc) is 2.53. The summed E-state index contributed by atoms with van der Waals surface area (Å²) >= 11 is 0. The van der Waals surface area contributed by atoms with E-state index in [4.69, 9.17) is 4.74 Å². The molecule has 6 heteroatoms. The van der Waals surface area contributed by atoms with Crippen LogP contribution in [0.25, 0.3) is 0 Å². The Morgan fingerprint density at radius 2 is 1.83 bits per heavy atom. The van der Waals surface area contributed by atoms with Crippen LogP contribution in [-0.2, 0) is 4.79 Å². The molecule has 2 fully saturated rings. The summed E-state index contributed by atoms with van der Waals surface area (Å²) in [6.45, 7) is 0.448. The highest BCUT2D eigenvalue weighted by Crippen LogP contribution is 2.45. The number of amides is 1. The lowest BCUT2D eigenvalue weighted by Gasteiger charge is -2.44. The fourth-order valence-corrected chi connectivity index (χ4v) is 3.09. The lowest BCUT2D eigenvalue weighted by Crippen LogP contribution is -2.62. The molecule has 0 bridgehead atoms. The number of carbonyl (C=O) groups is 1. The van der Waals surface area contributed by atoms with E-state index in [1.54, 1.807) is 0 Å². The molecule has 0 radical (unpaired) electrons. The van der Waals surface area contributed by atoms with Crippen molar-refractivity contribution in [3.63, 3.8) is 0 Å². The molecule has 0 spiro atoms. The van der Waals surface area contributed by atoms with Crippen molar-refractivity contribution in [2.24, 2.45) is 0 Å². The SMILES string of the molecule is O=C(N1CCC(Oc2ccccc2)CC1)C(F)(F)C1(O)CCC1. The summed E-state index contributed by atoms with van der Waals surface area (Å²) in [7, 11) is 0. The van der Waals surface area contributed by atoms with Gasteiger partial charge in [0.15, 0.2) is 0 Å². The zero-order valence-electron chi connectivity index (χ0n) is 12.9. The van der Waals surface area contributed by atoms with E-state index < -0.39 is 17.4 Å². The summed E-state index contributed by atoms with van der Waals surface area (Å²) in [4.78, 5) is 13.3. The van der Waals surface area contributed by atoms with Crippen LogP contribution in [0.5, 0.6) is 5.75 Å². The molecule has 1 amide bonds. The number of para-hydroxylation sites is 1. The van der Waals surface area contributed by atoms with Gasteiger partial charge in [0.05, 0.1) is 0 Å². The van der Waals surface area contributed by atoms with E-state index >= 15 is 0 Å². The predicted molar refractivity (Wildman–Crippen MR) is 80.4 cm³/mol. The molecule has 1 heterocycles. The zero-order valence-corrected chi connectivity index (χ0v) is 12.9. The molecular formula is C17H21F2NO3. The lowest BCUT2D eigenvalue weighted by atomic mass is 9.75. The van der Waals surface area contributed by atoms with Gasteiger partial charge < -0.3 is 14.7 Å². The second-order valence-corrected chi connectivity index (χ2v) is 6.38. The molecule has 3 rings (SSSR count). The van der Waals surface area contributed by atoms with Crippen LogP contribution >= 0.6 is 0 Å². The van der Waals surface area contributed by atoms with Crippen molar-refractivity contribution in [2.75, 3.05) is 13.1 Å². The van der Waals surface area contributed by atoms with Gasteiger partial charge in [0.2, 0.25) is 0 Å². The molecular weight excluding hydrogens is 304 g/mol. The van der Waals surface area contributed by atoms with Gasteiger partial charge in [-0.1, -0.05) is 18.2 Å². The predicted octanol–water partition coefficient (Wildman–Crippen LogP) is 2.61. The van der Waals surface area contributed by atoms with Crippen LogP contribution in [0, 0.1) is 0 Å². The van der Waals surface area contributed by atoms with Crippen molar-refractivity contribution >= 4 is 5.91 Å². The third-order valence-electron chi connectivity index (χ3n) is 4.81. The van der Waals surface area contributed by atoms with Crippen molar-refractivity contribution in [1.82, 2.24) is 4.90 Å². The van der Waals surface area contributed by atoms with Crippen molar-refractivity contribution < 1.29 is 23.4 Å². The highest BCUT2D eigenvalue weighted by Gasteiger charge is 2.62. The van der Waals surface area contributed by atoms with Crippen LogP contribution < -0.4 is 4.74 Å². The summed E-state index contributed by atoms with van der Waals surface area (Å²) in [6, 6.07) is 9.32. The fourth-order valence-electron chi connectivity index (χ4n) is 3.09. The van der Waals surface area contributed by atoms with Gasteiger partial charge in [-0.05, 0) is 31.4 Å². The van der Waals surface area contributed by atoms with Crippen molar-refractivity contribution in [3.8, 4) is 5.75 Å². The third kappa shape index (κ3) is 3.04. The maximum absolute atomic E-state index is 14.2. The Balaban J connectivity index is 1.55. The number of rotatable bonds is 4. The first-order valence-corrected chi connectivity index (χ1v) is 8.04. The van der Waals surface area contributed by atoms with Crippen LogP contribution in [0.4, 0.5) is 8.78 Å². The summed E-state index contributed by atoms with van der Waals surface area (Å²) in [5, 5.41) is 9.86. The van der Waals surface area contributed by atoms with Gasteiger partial charge in [-0.15, -0.1) is 0 Å². The topological polar surface area (TPSA) is 49.8 Å². The number of nitrogens with zero attached hydrogens (tertiary/aromatic N) is 1. The first-order chi connectivity index (χ1) is 10.9. The number of alkyl halides is 2. The molecule has 1 aromatic carbocycles. The molecule has 1 saturated heterocycles. The number of piperidine rings is 1. The van der Waals surface area contributed by atoms with Crippen LogP contribution in [0.15, 0.2) is 30.3 Å². The molecule has 1 aliphatic carbocycles. The van der Waals surface area contributed by atoms with Crippen LogP contribution in [-0.4, -0.2) is 46.6 Å². The smallest absolute Gasteiger partial charge is 0.352 e. The zero-order chi connectivity index (χ0) is 16.5. The lowest BCUT2D eigenvalue weighted by molar-refractivity contribution is -0.224. The number of ether oxygens (including phenoxy) is 1. The van der Waals surface area contributed by atoms with Crippen molar-refractivity contribution in [3.05, 3.63) is 30.3 Å². The molecule has 23 heavy (non-hydrogen) atoms. The number of benzene rings is 1. The summed E-state index contributed by atoms with van der Waals surface area (Å²) in [5.41, 5.74) is -2.15. The standard InChI is InChI=1S/C17H21F2NO3/c18-17(19,16(22)9-4-10-16)15(21)20-11-7-14(8-12-20)23-13-5-2-1-3-6-13/h1-3,5-6,14,22H,4,7-12H2. The van der Waals surface area contributed by atoms with Crippen molar-refractivity contribution in [2.45, 2.75) is 49.7 Å². The molecule has 1 N–H and O–H groups in total. The Bertz CT molecular complexity index is 552. The number of likely N-dealkylation sites (tertiary alicyclic amines) is 1. The second kappa shape index (κ2) is 6.07. The van der Waals surface area contributed by atoms with E-state index in [-0.39, 0.29) is 32.0 Å². The number of carbonyl (C=O) groups excluding carboxylic acids is 1. The molecule has 0 atom stereocenters. The maximum atomic E-state index is 14.2. The number of halogens is 2. The Morgan fingerprint density at radius 3 is 2.35 bits per heavy atom. The average molecular weight is 325 g/mol. The van der Waals surface area contributed by atoms with Gasteiger partial charge >= 0.3 is 5.92 Å². The minimum atomic E-state index is -3.70. The number of hydrogen-bond acceptors (Lipinski definition) is 3. The van der Waals surface area contributed by atoms with Gasteiger partial charge in [0, 0.05) is 25.9 Å². The Labute approximate surface area is 134 Å². The Kier molecular flexibility index (Phi) is 4.27. The van der Waals surface area contributed by atoms with E-state index in [1.165, 1.54) is 0 Å². The number of aliphatic hydroxyl groups is 1. The van der Waals surface area contributed by atoms with E-state index in [0.717, 1.165) is 10.6 Å². The molecule has 0 unspecified atom stereocenters. The Hall–Kier alpha value is -1.69. The highest BCUT2D eigenvalue weighted by molar-refractivity contribution is 5.85. The first kappa shape index (κ1) is 16.2. The van der Waals surface area contributed by atoms with Gasteiger partial charge in [-0.2, -0.15) is 8.78 Å². The first-order valence-electron chi connectivity index (χ1n) is 8.04. The second-order valence-electron chi connectivity index (χ2n) is 6.38. The minimum Gasteiger partial charge on any atom is -0.490 e. The van der Waals surface area contributed by atoms with Crippen LogP contribution in [0.2, 0.25) is 0 Å².